The lowest BCUT2D eigenvalue weighted by Gasteiger charge is -2.28. The molecule has 0 atom stereocenters. The quantitative estimate of drug-likeness (QED) is 0.685. The lowest BCUT2D eigenvalue weighted by molar-refractivity contribution is -0.136. The first kappa shape index (κ1) is 15.4. The molecule has 0 aromatic heterocycles. The van der Waals surface area contributed by atoms with Crippen LogP contribution in [-0.2, 0) is 9.53 Å². The fourth-order valence-electron chi connectivity index (χ4n) is 1.46. The number of nitrogens with zero attached hydrogens (tertiary/aromatic N) is 1. The van der Waals surface area contributed by atoms with Crippen molar-refractivity contribution in [3.8, 4) is 0 Å². The molecule has 0 radical (unpaired) electrons. The number of rotatable bonds is 8. The van der Waals surface area contributed by atoms with E-state index in [0.29, 0.717) is 13.0 Å². The molecule has 4 heteroatoms. The van der Waals surface area contributed by atoms with Crippen molar-refractivity contribution in [2.24, 2.45) is 5.73 Å². The Kier molecular flexibility index (Phi) is 7.34. The van der Waals surface area contributed by atoms with Crippen molar-refractivity contribution in [2.75, 3.05) is 26.7 Å². The van der Waals surface area contributed by atoms with Gasteiger partial charge < -0.3 is 15.4 Å². The molecule has 0 spiro atoms. The fraction of sp³-hybridized carbons (Fsp3) is 0.917. The Labute approximate surface area is 99.1 Å². The molecule has 0 aliphatic heterocycles. The third kappa shape index (κ3) is 6.08. The van der Waals surface area contributed by atoms with Crippen molar-refractivity contribution >= 4 is 5.91 Å². The van der Waals surface area contributed by atoms with E-state index in [0.717, 1.165) is 25.9 Å². The number of carbonyl (C=O) groups excluding carboxylic acids is 1. The Hall–Kier alpha value is -0.610. The first-order valence-corrected chi connectivity index (χ1v) is 6.00. The maximum Gasteiger partial charge on any atom is 0.225 e. The van der Waals surface area contributed by atoms with E-state index < -0.39 is 0 Å². The van der Waals surface area contributed by atoms with Gasteiger partial charge in [0.15, 0.2) is 0 Å². The van der Waals surface area contributed by atoms with Crippen molar-refractivity contribution in [3.05, 3.63) is 0 Å². The summed E-state index contributed by atoms with van der Waals surface area (Å²) < 4.78 is 5.27. The van der Waals surface area contributed by atoms with Gasteiger partial charge in [-0.3, -0.25) is 4.79 Å². The first-order valence-electron chi connectivity index (χ1n) is 6.00. The minimum atomic E-state index is -0.383. The molecule has 0 unspecified atom stereocenters. The van der Waals surface area contributed by atoms with Crippen LogP contribution in [0.5, 0.6) is 0 Å². The van der Waals surface area contributed by atoms with Crippen LogP contribution < -0.4 is 5.73 Å². The summed E-state index contributed by atoms with van der Waals surface area (Å²) in [5, 5.41) is 0. The van der Waals surface area contributed by atoms with E-state index in [4.69, 9.17) is 10.5 Å². The summed E-state index contributed by atoms with van der Waals surface area (Å²) in [5.74, 6) is 0.155. The summed E-state index contributed by atoms with van der Waals surface area (Å²) in [7, 11) is 1.64. The van der Waals surface area contributed by atoms with E-state index in [1.54, 1.807) is 7.11 Å². The van der Waals surface area contributed by atoms with Crippen molar-refractivity contribution in [3.63, 3.8) is 0 Å². The summed E-state index contributed by atoms with van der Waals surface area (Å²) >= 11 is 0. The lowest BCUT2D eigenvalue weighted by atomic mass is 10.0. The monoisotopic (exact) mass is 230 g/mol. The smallest absolute Gasteiger partial charge is 0.225 e. The van der Waals surface area contributed by atoms with Gasteiger partial charge in [0.25, 0.3) is 0 Å². The van der Waals surface area contributed by atoms with Crippen molar-refractivity contribution in [1.29, 1.82) is 0 Å². The van der Waals surface area contributed by atoms with Crippen LogP contribution in [0.4, 0.5) is 0 Å². The minimum absolute atomic E-state index is 0.155. The topological polar surface area (TPSA) is 55.6 Å². The van der Waals surface area contributed by atoms with Crippen LogP contribution in [0.2, 0.25) is 0 Å². The number of amides is 1. The standard InChI is InChI=1S/C12H26N2O2/c1-5-8-14(9-6-7-13)11(15)10-12(2,3)16-4/h5-10,13H2,1-4H3. The number of hydrogen-bond donors (Lipinski definition) is 1. The molecule has 0 fully saturated rings. The highest BCUT2D eigenvalue weighted by molar-refractivity contribution is 5.77. The summed E-state index contributed by atoms with van der Waals surface area (Å²) in [4.78, 5) is 13.9. The molecule has 0 saturated heterocycles. The Morgan fingerprint density at radius 2 is 2.00 bits per heavy atom. The van der Waals surface area contributed by atoms with Crippen LogP contribution in [0, 0.1) is 0 Å². The Balaban J connectivity index is 4.26. The molecule has 0 aliphatic carbocycles. The van der Waals surface area contributed by atoms with Gasteiger partial charge in [0, 0.05) is 20.2 Å². The number of methoxy groups -OCH3 is 1. The zero-order chi connectivity index (χ0) is 12.6. The third-order valence-electron chi connectivity index (χ3n) is 2.61. The Morgan fingerprint density at radius 1 is 1.38 bits per heavy atom. The average molecular weight is 230 g/mol. The molecule has 0 aliphatic rings. The van der Waals surface area contributed by atoms with E-state index in [-0.39, 0.29) is 11.5 Å². The molecule has 16 heavy (non-hydrogen) atoms. The van der Waals surface area contributed by atoms with Gasteiger partial charge in [-0.1, -0.05) is 6.92 Å². The van der Waals surface area contributed by atoms with E-state index in [2.05, 4.69) is 6.92 Å². The molecular weight excluding hydrogens is 204 g/mol. The first-order chi connectivity index (χ1) is 7.46. The maximum atomic E-state index is 12.0. The third-order valence-corrected chi connectivity index (χ3v) is 2.61. The predicted octanol–water partition coefficient (Wildman–Crippen LogP) is 1.39. The Bertz CT molecular complexity index is 205. The Morgan fingerprint density at radius 3 is 2.44 bits per heavy atom. The fourth-order valence-corrected chi connectivity index (χ4v) is 1.46. The van der Waals surface area contributed by atoms with Crippen LogP contribution in [0.3, 0.4) is 0 Å². The molecule has 2 N–H and O–H groups in total. The second-order valence-electron chi connectivity index (χ2n) is 4.66. The van der Waals surface area contributed by atoms with Gasteiger partial charge in [-0.05, 0) is 33.2 Å². The number of hydrogen-bond acceptors (Lipinski definition) is 3. The maximum absolute atomic E-state index is 12.0. The van der Waals surface area contributed by atoms with Gasteiger partial charge in [-0.2, -0.15) is 0 Å². The lowest BCUT2D eigenvalue weighted by Crippen LogP contribution is -2.38. The molecular formula is C12H26N2O2. The molecule has 4 nitrogen and oxygen atoms in total. The van der Waals surface area contributed by atoms with Crippen molar-refractivity contribution in [1.82, 2.24) is 4.90 Å². The normalized spacial score (nSPS) is 11.6. The minimum Gasteiger partial charge on any atom is -0.378 e. The van der Waals surface area contributed by atoms with Gasteiger partial charge in [-0.25, -0.2) is 0 Å². The van der Waals surface area contributed by atoms with Gasteiger partial charge in [0.05, 0.1) is 12.0 Å². The van der Waals surface area contributed by atoms with Crippen LogP contribution in [-0.4, -0.2) is 43.2 Å². The summed E-state index contributed by atoms with van der Waals surface area (Å²) in [6.07, 6.45) is 2.26. The molecule has 0 aromatic rings. The predicted molar refractivity (Wildman–Crippen MR) is 66.2 cm³/mol. The molecule has 1 amide bonds. The van der Waals surface area contributed by atoms with Crippen molar-refractivity contribution < 1.29 is 9.53 Å². The average Bonchev–Trinajstić information content (AvgIpc) is 2.23. The van der Waals surface area contributed by atoms with E-state index >= 15 is 0 Å². The van der Waals surface area contributed by atoms with Crippen LogP contribution in [0.25, 0.3) is 0 Å². The number of carbonyl (C=O) groups is 1. The van der Waals surface area contributed by atoms with Gasteiger partial charge >= 0.3 is 0 Å². The molecule has 0 bridgehead atoms. The van der Waals surface area contributed by atoms with Crippen molar-refractivity contribution in [2.45, 2.75) is 45.6 Å². The summed E-state index contributed by atoms with van der Waals surface area (Å²) in [6, 6.07) is 0. The number of nitrogens with two attached hydrogens (primary N) is 1. The molecule has 96 valence electrons. The second kappa shape index (κ2) is 7.63. The second-order valence-corrected chi connectivity index (χ2v) is 4.66. The number of ether oxygens (including phenoxy) is 1. The molecule has 0 heterocycles. The van der Waals surface area contributed by atoms with Crippen LogP contribution in [0.15, 0.2) is 0 Å². The summed E-state index contributed by atoms with van der Waals surface area (Å²) in [6.45, 7) is 8.11. The van der Waals surface area contributed by atoms with Gasteiger partial charge in [0.2, 0.25) is 5.91 Å². The van der Waals surface area contributed by atoms with Gasteiger partial charge in [0.1, 0.15) is 0 Å². The highest BCUT2D eigenvalue weighted by atomic mass is 16.5. The largest absolute Gasteiger partial charge is 0.378 e. The molecule has 0 rings (SSSR count). The van der Waals surface area contributed by atoms with E-state index in [9.17, 15) is 4.79 Å². The molecule has 0 saturated carbocycles. The summed E-state index contributed by atoms with van der Waals surface area (Å²) in [5.41, 5.74) is 5.08. The molecule has 0 aromatic carbocycles. The van der Waals surface area contributed by atoms with E-state index in [1.165, 1.54) is 0 Å². The highest BCUT2D eigenvalue weighted by Gasteiger charge is 2.24. The highest BCUT2D eigenvalue weighted by Crippen LogP contribution is 2.15. The zero-order valence-corrected chi connectivity index (χ0v) is 11.1. The zero-order valence-electron chi connectivity index (χ0n) is 11.1. The van der Waals surface area contributed by atoms with Crippen LogP contribution >= 0.6 is 0 Å². The SMILES string of the molecule is CCCN(CCCN)C(=O)CC(C)(C)OC. The van der Waals surface area contributed by atoms with E-state index in [1.807, 2.05) is 18.7 Å². The van der Waals surface area contributed by atoms with Crippen LogP contribution in [0.1, 0.15) is 40.0 Å². The van der Waals surface area contributed by atoms with Gasteiger partial charge in [-0.15, -0.1) is 0 Å².